The molecule has 0 radical (unpaired) electrons. The molecule has 0 fully saturated rings. The van der Waals surface area contributed by atoms with Gasteiger partial charge < -0.3 is 15.4 Å². The number of nitrogens with zero attached hydrogens (tertiary/aromatic N) is 3. The van der Waals surface area contributed by atoms with Crippen LogP contribution in [-0.4, -0.2) is 39.3 Å². The molecule has 0 saturated carbocycles. The molecule has 1 aromatic rings. The second kappa shape index (κ2) is 8.22. The SMILES string of the molecule is CSC(Nc1cnc(C#N)c(Cl)n1)C(C)NC(=O)OC(C)(C)C. The second-order valence-corrected chi connectivity index (χ2v) is 7.08. The van der Waals surface area contributed by atoms with Crippen LogP contribution < -0.4 is 10.6 Å². The van der Waals surface area contributed by atoms with Crippen molar-refractivity contribution in [2.75, 3.05) is 11.6 Å². The molecule has 0 spiro atoms. The van der Waals surface area contributed by atoms with Gasteiger partial charge in [-0.1, -0.05) is 11.6 Å². The third-order valence-electron chi connectivity index (χ3n) is 2.58. The number of rotatable bonds is 5. The number of carbonyl (C=O) groups is 1. The molecule has 126 valence electrons. The molecule has 0 aliphatic rings. The summed E-state index contributed by atoms with van der Waals surface area (Å²) in [5, 5.41) is 14.5. The molecule has 2 atom stereocenters. The lowest BCUT2D eigenvalue weighted by atomic mass is 10.2. The first-order valence-electron chi connectivity index (χ1n) is 6.87. The summed E-state index contributed by atoms with van der Waals surface area (Å²) in [5.41, 5.74) is -0.490. The molecule has 7 nitrogen and oxygen atoms in total. The van der Waals surface area contributed by atoms with E-state index >= 15 is 0 Å². The fourth-order valence-corrected chi connectivity index (χ4v) is 2.51. The topological polar surface area (TPSA) is 99.9 Å². The Morgan fingerprint density at radius 3 is 2.65 bits per heavy atom. The van der Waals surface area contributed by atoms with Gasteiger partial charge in [-0.2, -0.15) is 5.26 Å². The van der Waals surface area contributed by atoms with Crippen LogP contribution in [0.5, 0.6) is 0 Å². The summed E-state index contributed by atoms with van der Waals surface area (Å²) in [6, 6.07) is 1.61. The zero-order chi connectivity index (χ0) is 17.6. The zero-order valence-corrected chi connectivity index (χ0v) is 15.2. The Bertz CT molecular complexity index is 600. The first-order chi connectivity index (χ1) is 10.7. The van der Waals surface area contributed by atoms with Gasteiger partial charge in [-0.25, -0.2) is 14.8 Å². The minimum atomic E-state index is -0.557. The van der Waals surface area contributed by atoms with Gasteiger partial charge in [0.2, 0.25) is 0 Å². The van der Waals surface area contributed by atoms with Crippen LogP contribution in [0.15, 0.2) is 6.20 Å². The summed E-state index contributed by atoms with van der Waals surface area (Å²) < 4.78 is 5.23. The third kappa shape index (κ3) is 6.50. The minimum absolute atomic E-state index is 0.0325. The Morgan fingerprint density at radius 2 is 2.17 bits per heavy atom. The van der Waals surface area contributed by atoms with Crippen LogP contribution in [0.25, 0.3) is 0 Å². The fourth-order valence-electron chi connectivity index (χ4n) is 1.61. The van der Waals surface area contributed by atoms with Crippen LogP contribution in [0, 0.1) is 11.3 Å². The maximum absolute atomic E-state index is 11.8. The Hall–Kier alpha value is -1.72. The Kier molecular flexibility index (Phi) is 6.91. The largest absolute Gasteiger partial charge is 0.444 e. The summed E-state index contributed by atoms with van der Waals surface area (Å²) in [7, 11) is 0. The Labute approximate surface area is 145 Å². The molecule has 1 heterocycles. The number of hydrogen-bond acceptors (Lipinski definition) is 7. The van der Waals surface area contributed by atoms with Crippen LogP contribution >= 0.6 is 23.4 Å². The summed E-state index contributed by atoms with van der Waals surface area (Å²) >= 11 is 7.35. The van der Waals surface area contributed by atoms with Crippen molar-refractivity contribution in [1.29, 1.82) is 5.26 Å². The lowest BCUT2D eigenvalue weighted by molar-refractivity contribution is 0.0509. The number of anilines is 1. The van der Waals surface area contributed by atoms with E-state index in [1.54, 1.807) is 20.8 Å². The standard InChI is InChI=1S/C14H20ClN5O2S/c1-8(18-13(21)22-14(2,3)4)12(23-5)20-10-7-17-9(6-16)11(15)19-10/h7-8,12H,1-5H3,(H,18,21)(H,19,20). The Morgan fingerprint density at radius 1 is 1.52 bits per heavy atom. The maximum atomic E-state index is 11.8. The van der Waals surface area contributed by atoms with E-state index in [4.69, 9.17) is 21.6 Å². The van der Waals surface area contributed by atoms with Gasteiger partial charge in [0.05, 0.1) is 17.6 Å². The fraction of sp³-hybridized carbons (Fsp3) is 0.571. The average Bonchev–Trinajstić information content (AvgIpc) is 2.42. The van der Waals surface area contributed by atoms with Crippen molar-refractivity contribution in [3.8, 4) is 6.07 Å². The quantitative estimate of drug-likeness (QED) is 0.781. The number of thioether (sulfide) groups is 1. The van der Waals surface area contributed by atoms with E-state index < -0.39 is 11.7 Å². The normalized spacial score (nSPS) is 13.6. The van der Waals surface area contributed by atoms with Gasteiger partial charge in [-0.15, -0.1) is 11.8 Å². The van der Waals surface area contributed by atoms with Crippen molar-refractivity contribution in [3.63, 3.8) is 0 Å². The van der Waals surface area contributed by atoms with Gasteiger partial charge in [-0.3, -0.25) is 0 Å². The highest BCUT2D eigenvalue weighted by Gasteiger charge is 2.22. The lowest BCUT2D eigenvalue weighted by Crippen LogP contribution is -2.45. The van der Waals surface area contributed by atoms with Crippen LogP contribution in [0.4, 0.5) is 10.6 Å². The van der Waals surface area contributed by atoms with Crippen molar-refractivity contribution in [1.82, 2.24) is 15.3 Å². The predicted octanol–water partition coefficient (Wildman–Crippen LogP) is 3.02. The molecule has 0 aliphatic carbocycles. The van der Waals surface area contributed by atoms with E-state index in [2.05, 4.69) is 20.6 Å². The van der Waals surface area contributed by atoms with Crippen LogP contribution in [0.3, 0.4) is 0 Å². The summed E-state index contributed by atoms with van der Waals surface area (Å²) in [6.45, 7) is 7.25. The molecule has 0 saturated heterocycles. The van der Waals surface area contributed by atoms with Gasteiger partial charge in [0, 0.05) is 0 Å². The third-order valence-corrected chi connectivity index (χ3v) is 3.88. The van der Waals surface area contributed by atoms with Crippen LogP contribution in [0.2, 0.25) is 5.15 Å². The van der Waals surface area contributed by atoms with Gasteiger partial charge in [0.15, 0.2) is 10.8 Å². The first kappa shape index (κ1) is 19.3. The first-order valence-corrected chi connectivity index (χ1v) is 8.54. The van der Waals surface area contributed by atoms with Crippen molar-refractivity contribution in [2.24, 2.45) is 0 Å². The van der Waals surface area contributed by atoms with Crippen molar-refractivity contribution in [3.05, 3.63) is 17.0 Å². The lowest BCUT2D eigenvalue weighted by Gasteiger charge is -2.26. The molecular formula is C14H20ClN5O2S. The summed E-state index contributed by atoms with van der Waals surface area (Å²) in [4.78, 5) is 19.8. The molecule has 9 heteroatoms. The van der Waals surface area contributed by atoms with Gasteiger partial charge in [0.25, 0.3) is 0 Å². The van der Waals surface area contributed by atoms with Gasteiger partial charge in [-0.05, 0) is 34.0 Å². The zero-order valence-electron chi connectivity index (χ0n) is 13.7. The minimum Gasteiger partial charge on any atom is -0.444 e. The number of ether oxygens (including phenoxy) is 1. The molecule has 1 amide bonds. The Balaban J connectivity index is 2.71. The highest BCUT2D eigenvalue weighted by molar-refractivity contribution is 7.99. The number of amides is 1. The van der Waals surface area contributed by atoms with Crippen LogP contribution in [0.1, 0.15) is 33.4 Å². The summed E-state index contributed by atoms with van der Waals surface area (Å²) in [5.74, 6) is 0.422. The molecule has 0 aliphatic heterocycles. The number of nitriles is 1. The maximum Gasteiger partial charge on any atom is 0.407 e. The van der Waals surface area contributed by atoms with Crippen molar-refractivity contribution >= 4 is 35.3 Å². The number of carbonyl (C=O) groups excluding carboxylic acids is 1. The smallest absolute Gasteiger partial charge is 0.407 e. The molecule has 0 aromatic carbocycles. The molecule has 2 unspecified atom stereocenters. The van der Waals surface area contributed by atoms with E-state index in [1.165, 1.54) is 18.0 Å². The number of nitrogens with one attached hydrogen (secondary N) is 2. The molecule has 2 N–H and O–H groups in total. The number of hydrogen-bond donors (Lipinski definition) is 2. The highest BCUT2D eigenvalue weighted by Crippen LogP contribution is 2.18. The number of alkyl carbamates (subject to hydrolysis) is 1. The van der Waals surface area contributed by atoms with E-state index in [1.807, 2.05) is 19.2 Å². The molecule has 1 aromatic heterocycles. The van der Waals surface area contributed by atoms with Crippen molar-refractivity contribution in [2.45, 2.75) is 44.7 Å². The number of halogens is 1. The van der Waals surface area contributed by atoms with Gasteiger partial charge >= 0.3 is 6.09 Å². The average molecular weight is 358 g/mol. The van der Waals surface area contributed by atoms with Crippen LogP contribution in [-0.2, 0) is 4.74 Å². The monoisotopic (exact) mass is 357 g/mol. The van der Waals surface area contributed by atoms with E-state index in [0.29, 0.717) is 5.82 Å². The van der Waals surface area contributed by atoms with E-state index in [-0.39, 0.29) is 22.3 Å². The second-order valence-electron chi connectivity index (χ2n) is 5.74. The number of aromatic nitrogens is 2. The predicted molar refractivity (Wildman–Crippen MR) is 91.5 cm³/mol. The van der Waals surface area contributed by atoms with Gasteiger partial charge in [0.1, 0.15) is 17.5 Å². The molecular weight excluding hydrogens is 338 g/mol. The van der Waals surface area contributed by atoms with E-state index in [0.717, 1.165) is 0 Å². The highest BCUT2D eigenvalue weighted by atomic mass is 35.5. The van der Waals surface area contributed by atoms with Crippen molar-refractivity contribution < 1.29 is 9.53 Å². The summed E-state index contributed by atoms with van der Waals surface area (Å²) in [6.07, 6.45) is 2.83. The molecule has 1 rings (SSSR count). The molecule has 23 heavy (non-hydrogen) atoms. The van der Waals surface area contributed by atoms with E-state index in [9.17, 15) is 4.79 Å². The molecule has 0 bridgehead atoms.